The number of nitrogens with two attached hydrogens (primary N) is 1. The van der Waals surface area contributed by atoms with E-state index in [1.807, 2.05) is 6.92 Å². The molecule has 96 valence electrons. The first kappa shape index (κ1) is 14.1. The molecule has 1 aromatic carbocycles. The lowest BCUT2D eigenvalue weighted by Crippen LogP contribution is -2.37. The van der Waals surface area contributed by atoms with Crippen LogP contribution in [0.5, 0.6) is 0 Å². The number of hydrogen-bond donors (Lipinski definition) is 1. The van der Waals surface area contributed by atoms with Gasteiger partial charge in [0, 0.05) is 19.2 Å². The minimum Gasteiger partial charge on any atom is -0.380 e. The number of hydrogen-bond acceptors (Lipinski definition) is 2. The molecule has 1 rings (SSSR count). The summed E-state index contributed by atoms with van der Waals surface area (Å²) in [6.45, 7) is 2.04. The van der Waals surface area contributed by atoms with E-state index >= 15 is 0 Å². The average Bonchev–Trinajstić information content (AvgIpc) is 2.24. The molecule has 17 heavy (non-hydrogen) atoms. The second kappa shape index (κ2) is 6.67. The lowest BCUT2D eigenvalue weighted by atomic mass is 9.99. The molecule has 0 heterocycles. The standard InChI is InChI=1S/C13H19F2NO/c1-3-4-13(17-2)12(16)7-9-5-10(14)8-11(15)6-9/h5-6,8,12-13H,3-4,7,16H2,1-2H3. The number of ether oxygens (including phenoxy) is 1. The maximum atomic E-state index is 13.0. The van der Waals surface area contributed by atoms with E-state index < -0.39 is 11.6 Å². The van der Waals surface area contributed by atoms with Gasteiger partial charge in [-0.15, -0.1) is 0 Å². The van der Waals surface area contributed by atoms with Crippen molar-refractivity contribution in [3.8, 4) is 0 Å². The van der Waals surface area contributed by atoms with Crippen LogP contribution in [0, 0.1) is 11.6 Å². The zero-order valence-corrected chi connectivity index (χ0v) is 10.2. The molecule has 0 aromatic heterocycles. The normalized spacial score (nSPS) is 14.6. The van der Waals surface area contributed by atoms with Crippen molar-refractivity contribution in [2.45, 2.75) is 38.3 Å². The van der Waals surface area contributed by atoms with Gasteiger partial charge in [-0.1, -0.05) is 13.3 Å². The Hall–Kier alpha value is -1.00. The molecule has 2 nitrogen and oxygen atoms in total. The lowest BCUT2D eigenvalue weighted by Gasteiger charge is -2.22. The molecule has 2 N–H and O–H groups in total. The Balaban J connectivity index is 2.68. The minimum absolute atomic E-state index is 0.0775. The second-order valence-corrected chi connectivity index (χ2v) is 4.21. The van der Waals surface area contributed by atoms with Gasteiger partial charge in [-0.3, -0.25) is 0 Å². The summed E-state index contributed by atoms with van der Waals surface area (Å²) < 4.78 is 31.3. The molecule has 0 bridgehead atoms. The highest BCUT2D eigenvalue weighted by Gasteiger charge is 2.17. The van der Waals surface area contributed by atoms with Crippen LogP contribution in [0.4, 0.5) is 8.78 Å². The topological polar surface area (TPSA) is 35.2 Å². The summed E-state index contributed by atoms with van der Waals surface area (Å²) >= 11 is 0. The Morgan fingerprint density at radius 2 is 1.82 bits per heavy atom. The highest BCUT2D eigenvalue weighted by atomic mass is 19.1. The maximum Gasteiger partial charge on any atom is 0.126 e. The van der Waals surface area contributed by atoms with Gasteiger partial charge >= 0.3 is 0 Å². The quantitative estimate of drug-likeness (QED) is 0.833. The van der Waals surface area contributed by atoms with E-state index in [0.29, 0.717) is 12.0 Å². The van der Waals surface area contributed by atoms with Crippen LogP contribution >= 0.6 is 0 Å². The van der Waals surface area contributed by atoms with Crippen LogP contribution < -0.4 is 5.73 Å². The summed E-state index contributed by atoms with van der Waals surface area (Å²) in [6.07, 6.45) is 2.14. The Bertz CT molecular complexity index is 337. The van der Waals surface area contributed by atoms with Gasteiger partial charge in [-0.25, -0.2) is 8.78 Å². The summed E-state index contributed by atoms with van der Waals surface area (Å²) in [6, 6.07) is 3.22. The Morgan fingerprint density at radius 3 is 2.29 bits per heavy atom. The third-order valence-electron chi connectivity index (χ3n) is 2.75. The Morgan fingerprint density at radius 1 is 1.24 bits per heavy atom. The molecule has 0 spiro atoms. The smallest absolute Gasteiger partial charge is 0.126 e. The largest absolute Gasteiger partial charge is 0.380 e. The summed E-state index contributed by atoms with van der Waals surface area (Å²) in [4.78, 5) is 0. The van der Waals surface area contributed by atoms with E-state index in [1.165, 1.54) is 12.1 Å². The van der Waals surface area contributed by atoms with E-state index in [0.717, 1.165) is 18.9 Å². The fourth-order valence-electron chi connectivity index (χ4n) is 1.92. The van der Waals surface area contributed by atoms with Crippen molar-refractivity contribution in [1.29, 1.82) is 0 Å². The van der Waals surface area contributed by atoms with Crippen LogP contribution in [0.25, 0.3) is 0 Å². The monoisotopic (exact) mass is 243 g/mol. The minimum atomic E-state index is -0.573. The molecule has 0 saturated heterocycles. The summed E-state index contributed by atoms with van der Waals surface area (Å²) in [5.74, 6) is -1.15. The first-order chi connectivity index (χ1) is 8.06. The van der Waals surface area contributed by atoms with E-state index in [4.69, 9.17) is 10.5 Å². The van der Waals surface area contributed by atoms with Crippen LogP contribution in [0.15, 0.2) is 18.2 Å². The predicted octanol–water partition coefficient (Wildman–Crippen LogP) is 2.65. The molecule has 0 fully saturated rings. The van der Waals surface area contributed by atoms with Gasteiger partial charge in [0.05, 0.1) is 6.10 Å². The molecule has 1 aromatic rings. The zero-order chi connectivity index (χ0) is 12.8. The van der Waals surface area contributed by atoms with Crippen molar-refractivity contribution >= 4 is 0 Å². The van der Waals surface area contributed by atoms with Crippen LogP contribution in [-0.2, 0) is 11.2 Å². The average molecular weight is 243 g/mol. The SMILES string of the molecule is CCCC(OC)C(N)Cc1cc(F)cc(F)c1. The molecular formula is C13H19F2NO. The van der Waals surface area contributed by atoms with Gasteiger partial charge in [0.25, 0.3) is 0 Å². The van der Waals surface area contributed by atoms with E-state index in [9.17, 15) is 8.78 Å². The van der Waals surface area contributed by atoms with Gasteiger partial charge in [0.2, 0.25) is 0 Å². The molecule has 2 unspecified atom stereocenters. The fraction of sp³-hybridized carbons (Fsp3) is 0.538. The Labute approximate surface area is 101 Å². The molecule has 2 atom stereocenters. The van der Waals surface area contributed by atoms with Crippen molar-refractivity contribution in [3.63, 3.8) is 0 Å². The van der Waals surface area contributed by atoms with Gasteiger partial charge in [-0.05, 0) is 30.5 Å². The van der Waals surface area contributed by atoms with Crippen LogP contribution in [0.3, 0.4) is 0 Å². The first-order valence-electron chi connectivity index (χ1n) is 5.80. The van der Waals surface area contributed by atoms with Crippen molar-refractivity contribution in [2.75, 3.05) is 7.11 Å². The van der Waals surface area contributed by atoms with Crippen molar-refractivity contribution < 1.29 is 13.5 Å². The number of benzene rings is 1. The lowest BCUT2D eigenvalue weighted by molar-refractivity contribution is 0.0726. The molecule has 0 aliphatic carbocycles. The molecule has 0 radical (unpaired) electrons. The molecule has 0 saturated carbocycles. The highest BCUT2D eigenvalue weighted by Crippen LogP contribution is 2.13. The van der Waals surface area contributed by atoms with Crippen molar-refractivity contribution in [3.05, 3.63) is 35.4 Å². The van der Waals surface area contributed by atoms with E-state index in [1.54, 1.807) is 7.11 Å². The highest BCUT2D eigenvalue weighted by molar-refractivity contribution is 5.19. The molecule has 0 aliphatic rings. The molecule has 0 amide bonds. The van der Waals surface area contributed by atoms with Gasteiger partial charge in [0.15, 0.2) is 0 Å². The van der Waals surface area contributed by atoms with Gasteiger partial charge in [0.1, 0.15) is 11.6 Å². The summed E-state index contributed by atoms with van der Waals surface area (Å²) in [5.41, 5.74) is 6.54. The van der Waals surface area contributed by atoms with Gasteiger partial charge in [-0.2, -0.15) is 0 Å². The molecule has 4 heteroatoms. The molecule has 0 aliphatic heterocycles. The van der Waals surface area contributed by atoms with E-state index in [-0.39, 0.29) is 12.1 Å². The van der Waals surface area contributed by atoms with Crippen LogP contribution in [-0.4, -0.2) is 19.3 Å². The number of methoxy groups -OCH3 is 1. The number of rotatable bonds is 6. The maximum absolute atomic E-state index is 13.0. The fourth-order valence-corrected chi connectivity index (χ4v) is 1.92. The summed E-state index contributed by atoms with van der Waals surface area (Å²) in [5, 5.41) is 0. The van der Waals surface area contributed by atoms with Crippen molar-refractivity contribution in [2.24, 2.45) is 5.73 Å². The summed E-state index contributed by atoms with van der Waals surface area (Å²) in [7, 11) is 1.60. The van der Waals surface area contributed by atoms with Crippen LogP contribution in [0.1, 0.15) is 25.3 Å². The van der Waals surface area contributed by atoms with E-state index in [2.05, 4.69) is 0 Å². The number of halogens is 2. The first-order valence-corrected chi connectivity index (χ1v) is 5.80. The predicted molar refractivity (Wildman–Crippen MR) is 63.7 cm³/mol. The third-order valence-corrected chi connectivity index (χ3v) is 2.75. The van der Waals surface area contributed by atoms with Gasteiger partial charge < -0.3 is 10.5 Å². The van der Waals surface area contributed by atoms with Crippen molar-refractivity contribution in [1.82, 2.24) is 0 Å². The Kier molecular flexibility index (Phi) is 5.51. The zero-order valence-electron chi connectivity index (χ0n) is 10.2. The molecular weight excluding hydrogens is 224 g/mol. The third kappa shape index (κ3) is 4.40. The second-order valence-electron chi connectivity index (χ2n) is 4.21. The van der Waals surface area contributed by atoms with Crippen LogP contribution in [0.2, 0.25) is 0 Å².